The minimum absolute atomic E-state index is 0.164. The second kappa shape index (κ2) is 4.07. The van der Waals surface area contributed by atoms with E-state index in [0.29, 0.717) is 5.52 Å². The van der Waals surface area contributed by atoms with Gasteiger partial charge in [-0.25, -0.2) is 4.98 Å². The molecule has 4 heteroatoms. The van der Waals surface area contributed by atoms with Crippen LogP contribution in [0.5, 0.6) is 5.75 Å². The van der Waals surface area contributed by atoms with Crippen LogP contribution in [-0.2, 0) is 0 Å². The number of pyridine rings is 2. The standard InChI is InChI=1S/C14H11N3O/c1-15-8-10-4-5-11-13-9(3-2-6-16-13)7-12(18)14(11)17-10/h2-8,18H,1H3. The molecule has 3 rings (SSSR count). The predicted octanol–water partition coefficient (Wildman–Crippen LogP) is 2.54. The summed E-state index contributed by atoms with van der Waals surface area (Å²) >= 11 is 0. The Morgan fingerprint density at radius 1 is 1.22 bits per heavy atom. The van der Waals surface area contributed by atoms with Gasteiger partial charge in [0.15, 0.2) is 0 Å². The van der Waals surface area contributed by atoms with Crippen molar-refractivity contribution in [1.29, 1.82) is 0 Å². The number of aromatic nitrogens is 2. The normalized spacial score (nSPS) is 11.6. The lowest BCUT2D eigenvalue weighted by Gasteiger charge is -2.05. The molecule has 2 heterocycles. The van der Waals surface area contributed by atoms with Crippen LogP contribution in [0.4, 0.5) is 0 Å². The predicted molar refractivity (Wildman–Crippen MR) is 72.2 cm³/mol. The first-order valence-corrected chi connectivity index (χ1v) is 5.59. The van der Waals surface area contributed by atoms with Crippen LogP contribution in [-0.4, -0.2) is 28.3 Å². The van der Waals surface area contributed by atoms with Gasteiger partial charge in [-0.3, -0.25) is 9.98 Å². The van der Waals surface area contributed by atoms with Crippen LogP contribution in [0, 0.1) is 0 Å². The monoisotopic (exact) mass is 237 g/mol. The molecular weight excluding hydrogens is 226 g/mol. The number of benzene rings is 1. The summed E-state index contributed by atoms with van der Waals surface area (Å²) in [4.78, 5) is 12.6. The minimum atomic E-state index is 0.164. The van der Waals surface area contributed by atoms with Gasteiger partial charge in [0.2, 0.25) is 0 Å². The summed E-state index contributed by atoms with van der Waals surface area (Å²) in [7, 11) is 1.69. The van der Waals surface area contributed by atoms with Crippen LogP contribution in [0.25, 0.3) is 21.8 Å². The zero-order valence-electron chi connectivity index (χ0n) is 9.83. The topological polar surface area (TPSA) is 58.4 Å². The molecule has 0 amide bonds. The highest BCUT2D eigenvalue weighted by Crippen LogP contribution is 2.29. The number of aliphatic imine (C=N–C) groups is 1. The van der Waals surface area contributed by atoms with E-state index in [1.165, 1.54) is 0 Å². The Bertz CT molecular complexity index is 765. The van der Waals surface area contributed by atoms with Crippen molar-refractivity contribution in [1.82, 2.24) is 9.97 Å². The lowest BCUT2D eigenvalue weighted by Crippen LogP contribution is -1.90. The molecule has 0 spiro atoms. The zero-order valence-corrected chi connectivity index (χ0v) is 9.83. The number of hydrogen-bond acceptors (Lipinski definition) is 4. The molecule has 3 aromatic rings. The van der Waals surface area contributed by atoms with Gasteiger partial charge in [-0.05, 0) is 24.3 Å². The first-order valence-electron chi connectivity index (χ1n) is 5.59. The number of phenolic OH excluding ortho intramolecular Hbond substituents is 1. The Morgan fingerprint density at radius 2 is 2.11 bits per heavy atom. The van der Waals surface area contributed by atoms with Gasteiger partial charge in [-0.2, -0.15) is 0 Å². The van der Waals surface area contributed by atoms with E-state index in [1.54, 1.807) is 25.5 Å². The van der Waals surface area contributed by atoms with E-state index in [4.69, 9.17) is 0 Å². The van der Waals surface area contributed by atoms with Crippen LogP contribution >= 0.6 is 0 Å². The Hall–Kier alpha value is -2.49. The number of hydrogen-bond donors (Lipinski definition) is 1. The van der Waals surface area contributed by atoms with E-state index in [-0.39, 0.29) is 5.75 Å². The van der Waals surface area contributed by atoms with E-state index in [0.717, 1.165) is 22.0 Å². The van der Waals surface area contributed by atoms with E-state index < -0.39 is 0 Å². The third-order valence-corrected chi connectivity index (χ3v) is 2.81. The molecule has 0 aliphatic carbocycles. The van der Waals surface area contributed by atoms with Crippen molar-refractivity contribution in [3.8, 4) is 5.75 Å². The fraction of sp³-hybridized carbons (Fsp3) is 0.0714. The summed E-state index contributed by atoms with van der Waals surface area (Å²) in [5, 5.41) is 11.8. The summed E-state index contributed by atoms with van der Waals surface area (Å²) in [6.45, 7) is 0. The fourth-order valence-corrected chi connectivity index (χ4v) is 2.04. The molecular formula is C14H11N3O. The summed E-state index contributed by atoms with van der Waals surface area (Å²) < 4.78 is 0. The van der Waals surface area contributed by atoms with Gasteiger partial charge in [0.25, 0.3) is 0 Å². The Balaban J connectivity index is 2.44. The van der Waals surface area contributed by atoms with Gasteiger partial charge in [0.1, 0.15) is 11.3 Å². The molecule has 1 aromatic carbocycles. The summed E-state index contributed by atoms with van der Waals surface area (Å²) in [5.41, 5.74) is 2.12. The van der Waals surface area contributed by atoms with E-state index in [9.17, 15) is 5.11 Å². The van der Waals surface area contributed by atoms with E-state index in [1.807, 2.05) is 24.3 Å². The number of nitrogens with zero attached hydrogens (tertiary/aromatic N) is 3. The first-order chi connectivity index (χ1) is 8.79. The van der Waals surface area contributed by atoms with Crippen LogP contribution in [0.2, 0.25) is 0 Å². The fourth-order valence-electron chi connectivity index (χ4n) is 2.04. The lowest BCUT2D eigenvalue weighted by atomic mass is 10.1. The van der Waals surface area contributed by atoms with Gasteiger partial charge in [0.05, 0.1) is 11.2 Å². The molecule has 2 aromatic heterocycles. The highest BCUT2D eigenvalue weighted by atomic mass is 16.3. The van der Waals surface area contributed by atoms with Crippen molar-refractivity contribution in [3.63, 3.8) is 0 Å². The minimum Gasteiger partial charge on any atom is -0.506 e. The molecule has 88 valence electrons. The molecule has 18 heavy (non-hydrogen) atoms. The van der Waals surface area contributed by atoms with E-state index in [2.05, 4.69) is 15.0 Å². The number of aromatic hydroxyl groups is 1. The molecule has 4 nitrogen and oxygen atoms in total. The van der Waals surface area contributed by atoms with Crippen LogP contribution in [0.1, 0.15) is 5.69 Å². The van der Waals surface area contributed by atoms with E-state index >= 15 is 0 Å². The molecule has 0 saturated carbocycles. The number of fused-ring (bicyclic) bond motifs is 3. The second-order valence-electron chi connectivity index (χ2n) is 3.99. The van der Waals surface area contributed by atoms with Crippen LogP contribution < -0.4 is 0 Å². The molecule has 0 saturated heterocycles. The quantitative estimate of drug-likeness (QED) is 0.522. The maximum atomic E-state index is 10.0. The van der Waals surface area contributed by atoms with Crippen molar-refractivity contribution < 1.29 is 5.11 Å². The molecule has 0 atom stereocenters. The van der Waals surface area contributed by atoms with Gasteiger partial charge in [-0.1, -0.05) is 6.07 Å². The third-order valence-electron chi connectivity index (χ3n) is 2.81. The Morgan fingerprint density at radius 3 is 2.94 bits per heavy atom. The molecule has 0 bridgehead atoms. The molecule has 0 radical (unpaired) electrons. The first kappa shape index (κ1) is 10.7. The van der Waals surface area contributed by atoms with Gasteiger partial charge >= 0.3 is 0 Å². The largest absolute Gasteiger partial charge is 0.506 e. The summed E-state index contributed by atoms with van der Waals surface area (Å²) in [5.74, 6) is 0.164. The molecule has 0 aliphatic rings. The van der Waals surface area contributed by atoms with Gasteiger partial charge in [-0.15, -0.1) is 0 Å². The lowest BCUT2D eigenvalue weighted by molar-refractivity contribution is 0.481. The summed E-state index contributed by atoms with van der Waals surface area (Å²) in [6.07, 6.45) is 3.39. The Kier molecular flexibility index (Phi) is 2.41. The Labute approximate surface area is 104 Å². The van der Waals surface area contributed by atoms with Crippen molar-refractivity contribution in [2.45, 2.75) is 0 Å². The van der Waals surface area contributed by atoms with Crippen molar-refractivity contribution in [2.24, 2.45) is 4.99 Å². The second-order valence-corrected chi connectivity index (χ2v) is 3.99. The highest BCUT2D eigenvalue weighted by molar-refractivity contribution is 6.07. The maximum absolute atomic E-state index is 10.0. The number of rotatable bonds is 1. The summed E-state index contributed by atoms with van der Waals surface area (Å²) in [6, 6.07) is 9.23. The zero-order chi connectivity index (χ0) is 12.5. The van der Waals surface area contributed by atoms with Gasteiger partial charge in [0, 0.05) is 30.2 Å². The third kappa shape index (κ3) is 1.59. The van der Waals surface area contributed by atoms with Gasteiger partial charge < -0.3 is 5.11 Å². The van der Waals surface area contributed by atoms with Crippen molar-refractivity contribution in [2.75, 3.05) is 7.05 Å². The van der Waals surface area contributed by atoms with Crippen molar-refractivity contribution in [3.05, 3.63) is 42.2 Å². The smallest absolute Gasteiger partial charge is 0.142 e. The molecule has 0 fully saturated rings. The maximum Gasteiger partial charge on any atom is 0.142 e. The number of phenols is 1. The average Bonchev–Trinajstić information content (AvgIpc) is 2.40. The van der Waals surface area contributed by atoms with Crippen molar-refractivity contribution >= 4 is 28.0 Å². The molecule has 0 aliphatic heterocycles. The molecule has 0 unspecified atom stereocenters. The van der Waals surface area contributed by atoms with Crippen LogP contribution in [0.3, 0.4) is 0 Å². The average molecular weight is 237 g/mol. The SMILES string of the molecule is CN=Cc1ccc2c(n1)c(O)cc1cccnc12. The highest BCUT2D eigenvalue weighted by Gasteiger charge is 2.08. The molecule has 1 N–H and O–H groups in total. The van der Waals surface area contributed by atoms with Crippen LogP contribution in [0.15, 0.2) is 41.5 Å².